The minimum absolute atomic E-state index is 0.140. The molecule has 0 saturated carbocycles. The molecular weight excluding hydrogens is 425 g/mol. The Morgan fingerprint density at radius 3 is 2.50 bits per heavy atom. The average molecular weight is 444 g/mol. The maximum Gasteiger partial charge on any atom is 0.307 e. The number of carbonyl (C=O) groups is 2. The molecule has 0 aromatic heterocycles. The van der Waals surface area contributed by atoms with Gasteiger partial charge in [0.1, 0.15) is 12.4 Å². The number of nitrogens with one attached hydrogen (secondary N) is 1. The van der Waals surface area contributed by atoms with Crippen LogP contribution in [0.1, 0.15) is 27.0 Å². The van der Waals surface area contributed by atoms with Crippen LogP contribution in [0.25, 0.3) is 0 Å². The normalized spacial score (nSPS) is 10.5. The number of carboxylic acids is 1. The molecule has 3 aromatic rings. The first-order valence-corrected chi connectivity index (χ1v) is 9.87. The number of halogens is 2. The zero-order valence-electron chi connectivity index (χ0n) is 16.1. The number of carboxylic acid groups (broad SMARTS) is 1. The van der Waals surface area contributed by atoms with Crippen LogP contribution >= 0.6 is 23.2 Å². The van der Waals surface area contributed by atoms with E-state index in [1.54, 1.807) is 36.4 Å². The molecule has 0 radical (unpaired) electrons. The Balaban J connectivity index is 1.72. The lowest BCUT2D eigenvalue weighted by molar-refractivity contribution is -0.136. The molecule has 0 fully saturated rings. The summed E-state index contributed by atoms with van der Waals surface area (Å²) in [5, 5.41) is 12.5. The van der Waals surface area contributed by atoms with Crippen molar-refractivity contribution in [2.45, 2.75) is 20.0 Å². The fourth-order valence-electron chi connectivity index (χ4n) is 2.86. The van der Waals surface area contributed by atoms with Crippen molar-refractivity contribution < 1.29 is 19.4 Å². The van der Waals surface area contributed by atoms with Gasteiger partial charge in [0.05, 0.1) is 17.1 Å². The molecule has 7 heteroatoms. The van der Waals surface area contributed by atoms with E-state index < -0.39 is 5.97 Å². The summed E-state index contributed by atoms with van der Waals surface area (Å²) in [5.41, 5.74) is 3.10. The zero-order valence-corrected chi connectivity index (χ0v) is 17.6. The fourth-order valence-corrected chi connectivity index (χ4v) is 3.33. The van der Waals surface area contributed by atoms with Crippen LogP contribution in [0.15, 0.2) is 60.7 Å². The molecule has 3 rings (SSSR count). The topological polar surface area (TPSA) is 75.6 Å². The molecule has 2 N–H and O–H groups in total. The van der Waals surface area contributed by atoms with E-state index in [1.807, 2.05) is 25.1 Å². The highest BCUT2D eigenvalue weighted by molar-refractivity contribution is 6.34. The van der Waals surface area contributed by atoms with Gasteiger partial charge in [-0.05, 0) is 60.0 Å². The third kappa shape index (κ3) is 5.75. The molecule has 0 unspecified atom stereocenters. The Labute approximate surface area is 184 Å². The number of ether oxygens (including phenoxy) is 1. The lowest BCUT2D eigenvalue weighted by Crippen LogP contribution is -2.14. The molecule has 0 aliphatic carbocycles. The second-order valence-electron chi connectivity index (χ2n) is 6.73. The Morgan fingerprint density at radius 1 is 1.00 bits per heavy atom. The summed E-state index contributed by atoms with van der Waals surface area (Å²) < 4.78 is 5.80. The van der Waals surface area contributed by atoms with Gasteiger partial charge in [-0.15, -0.1) is 0 Å². The maximum atomic E-state index is 12.8. The fraction of sp³-hybridized carbons (Fsp3) is 0.130. The van der Waals surface area contributed by atoms with Crippen molar-refractivity contribution in [3.63, 3.8) is 0 Å². The van der Waals surface area contributed by atoms with Crippen molar-refractivity contribution in [2.75, 3.05) is 5.32 Å². The Hall–Kier alpha value is -3.02. The standard InChI is InChI=1S/C23H19Cl2NO4/c1-14-5-7-18(30-13-16-3-2-4-17(24)9-16)12-19(14)23(29)26-21-8-6-15(10-20(21)25)11-22(27)28/h2-10,12H,11,13H2,1H3,(H,26,29)(H,27,28). The molecule has 154 valence electrons. The Kier molecular flexibility index (Phi) is 6.98. The van der Waals surface area contributed by atoms with Gasteiger partial charge in [-0.1, -0.05) is 47.5 Å². The first-order valence-electron chi connectivity index (χ1n) is 9.11. The van der Waals surface area contributed by atoms with Crippen LogP contribution < -0.4 is 10.1 Å². The maximum absolute atomic E-state index is 12.8. The smallest absolute Gasteiger partial charge is 0.307 e. The van der Waals surface area contributed by atoms with E-state index >= 15 is 0 Å². The van der Waals surface area contributed by atoms with E-state index in [4.69, 9.17) is 33.0 Å². The third-order valence-electron chi connectivity index (χ3n) is 4.39. The number of anilines is 1. The summed E-state index contributed by atoms with van der Waals surface area (Å²) in [6.45, 7) is 2.15. The van der Waals surface area contributed by atoms with E-state index in [9.17, 15) is 9.59 Å². The van der Waals surface area contributed by atoms with Crippen molar-refractivity contribution in [1.82, 2.24) is 0 Å². The molecule has 0 saturated heterocycles. The molecule has 0 atom stereocenters. The van der Waals surface area contributed by atoms with E-state index in [0.29, 0.717) is 34.2 Å². The van der Waals surface area contributed by atoms with Crippen molar-refractivity contribution in [2.24, 2.45) is 0 Å². The van der Waals surface area contributed by atoms with Crippen molar-refractivity contribution in [3.05, 3.63) is 93.0 Å². The largest absolute Gasteiger partial charge is 0.489 e. The first kappa shape index (κ1) is 21.7. The number of hydrogen-bond acceptors (Lipinski definition) is 3. The molecule has 1 amide bonds. The number of hydrogen-bond donors (Lipinski definition) is 2. The molecule has 0 heterocycles. The lowest BCUT2D eigenvalue weighted by atomic mass is 10.1. The summed E-state index contributed by atoms with van der Waals surface area (Å²) in [6.07, 6.45) is -0.140. The predicted octanol–water partition coefficient (Wildman–Crippen LogP) is 5.76. The van der Waals surface area contributed by atoms with Crippen LogP contribution in [0.5, 0.6) is 5.75 Å². The van der Waals surface area contributed by atoms with E-state index in [-0.39, 0.29) is 17.4 Å². The quantitative estimate of drug-likeness (QED) is 0.486. The van der Waals surface area contributed by atoms with Crippen molar-refractivity contribution in [3.8, 4) is 5.75 Å². The van der Waals surface area contributed by atoms with Crippen LogP contribution in [0.3, 0.4) is 0 Å². The SMILES string of the molecule is Cc1ccc(OCc2cccc(Cl)c2)cc1C(=O)Nc1ccc(CC(=O)O)cc1Cl. The van der Waals surface area contributed by atoms with Crippen molar-refractivity contribution >= 4 is 40.8 Å². The van der Waals surface area contributed by atoms with Gasteiger partial charge < -0.3 is 15.2 Å². The number of rotatable bonds is 7. The van der Waals surface area contributed by atoms with Gasteiger partial charge in [0.25, 0.3) is 5.91 Å². The highest BCUT2D eigenvalue weighted by Crippen LogP contribution is 2.26. The second-order valence-corrected chi connectivity index (χ2v) is 7.58. The molecule has 30 heavy (non-hydrogen) atoms. The highest BCUT2D eigenvalue weighted by Gasteiger charge is 2.13. The average Bonchev–Trinajstić information content (AvgIpc) is 2.69. The predicted molar refractivity (Wildman–Crippen MR) is 118 cm³/mol. The van der Waals surface area contributed by atoms with Gasteiger partial charge in [-0.2, -0.15) is 0 Å². The summed E-state index contributed by atoms with van der Waals surface area (Å²) in [5.74, 6) is -0.740. The van der Waals surface area contributed by atoms with Crippen LogP contribution in [-0.4, -0.2) is 17.0 Å². The number of amides is 1. The minimum Gasteiger partial charge on any atom is -0.489 e. The Morgan fingerprint density at radius 2 is 1.80 bits per heavy atom. The third-order valence-corrected chi connectivity index (χ3v) is 4.93. The van der Waals surface area contributed by atoms with Crippen molar-refractivity contribution in [1.29, 1.82) is 0 Å². The van der Waals surface area contributed by atoms with E-state index in [1.165, 1.54) is 6.07 Å². The van der Waals surface area contributed by atoms with E-state index in [0.717, 1.165) is 11.1 Å². The summed E-state index contributed by atoms with van der Waals surface area (Å²) in [6, 6.07) is 17.4. The highest BCUT2D eigenvalue weighted by atomic mass is 35.5. The first-order chi connectivity index (χ1) is 14.3. The van der Waals surface area contributed by atoms with Gasteiger partial charge in [-0.3, -0.25) is 9.59 Å². The molecule has 0 aliphatic heterocycles. The molecule has 5 nitrogen and oxygen atoms in total. The molecule has 0 spiro atoms. The Bertz CT molecular complexity index is 1100. The molecule has 0 aliphatic rings. The number of carbonyl (C=O) groups excluding carboxylic acids is 1. The van der Waals surface area contributed by atoms with Crippen LogP contribution in [-0.2, 0) is 17.8 Å². The summed E-state index contributed by atoms with van der Waals surface area (Å²) in [4.78, 5) is 23.6. The van der Waals surface area contributed by atoms with Crippen LogP contribution in [0.4, 0.5) is 5.69 Å². The van der Waals surface area contributed by atoms with Gasteiger partial charge in [0.15, 0.2) is 0 Å². The minimum atomic E-state index is -0.951. The van der Waals surface area contributed by atoms with E-state index in [2.05, 4.69) is 5.32 Å². The number of aliphatic carboxylic acids is 1. The number of benzene rings is 3. The second kappa shape index (κ2) is 9.65. The molecular formula is C23H19Cl2NO4. The van der Waals surface area contributed by atoms with Gasteiger partial charge >= 0.3 is 5.97 Å². The molecule has 3 aromatic carbocycles. The van der Waals surface area contributed by atoms with Crippen LogP contribution in [0, 0.1) is 6.92 Å². The number of aryl methyl sites for hydroxylation is 1. The lowest BCUT2D eigenvalue weighted by Gasteiger charge is -2.12. The zero-order chi connectivity index (χ0) is 21.7. The van der Waals surface area contributed by atoms with Gasteiger partial charge in [0, 0.05) is 10.6 Å². The summed E-state index contributed by atoms with van der Waals surface area (Å²) in [7, 11) is 0. The summed E-state index contributed by atoms with van der Waals surface area (Å²) >= 11 is 12.2. The van der Waals surface area contributed by atoms with Crippen LogP contribution in [0.2, 0.25) is 10.0 Å². The van der Waals surface area contributed by atoms with Gasteiger partial charge in [-0.25, -0.2) is 0 Å². The van der Waals surface area contributed by atoms with Gasteiger partial charge in [0.2, 0.25) is 0 Å². The molecule has 0 bridgehead atoms. The monoisotopic (exact) mass is 443 g/mol.